The first-order chi connectivity index (χ1) is 9.30. The van der Waals surface area contributed by atoms with E-state index in [2.05, 4.69) is 0 Å². The molecule has 0 aromatic heterocycles. The van der Waals surface area contributed by atoms with Gasteiger partial charge in [0.05, 0.1) is 16.1 Å². The molecule has 0 saturated carbocycles. The molecule has 1 rings (SSSR count). The van der Waals surface area contributed by atoms with Crippen LogP contribution < -0.4 is 15.6 Å². The number of rotatable bonds is 4. The summed E-state index contributed by atoms with van der Waals surface area (Å²) in [5, 5.41) is 4.71. The molecule has 1 aromatic carbocycles. The molecule has 0 unspecified atom stereocenters. The molecule has 0 heterocycles. The molecule has 0 saturated heterocycles. The van der Waals surface area contributed by atoms with Gasteiger partial charge in [-0.3, -0.25) is 0 Å². The second kappa shape index (κ2) is 5.44. The van der Waals surface area contributed by atoms with E-state index < -0.39 is 47.3 Å². The molecule has 0 bridgehead atoms. The van der Waals surface area contributed by atoms with Gasteiger partial charge in [0.1, 0.15) is 4.90 Å². The van der Waals surface area contributed by atoms with Gasteiger partial charge in [0.15, 0.2) is 0 Å². The number of alkyl halides is 3. The minimum absolute atomic E-state index is 0.0620. The van der Waals surface area contributed by atoms with Gasteiger partial charge in [-0.15, -0.1) is 0 Å². The lowest BCUT2D eigenvalue weighted by Crippen LogP contribution is -2.26. The first-order valence-corrected chi connectivity index (χ1v) is 8.37. The molecule has 0 aliphatic rings. The van der Waals surface area contributed by atoms with E-state index in [1.165, 1.54) is 6.92 Å². The number of nitrogens with one attached hydrogen (secondary N) is 1. The number of primary sulfonamides is 1. The smallest absolute Gasteiger partial charge is 0.398 e. The van der Waals surface area contributed by atoms with Crippen LogP contribution in [-0.2, 0) is 26.2 Å². The van der Waals surface area contributed by atoms with Crippen molar-refractivity contribution in [3.63, 3.8) is 0 Å². The lowest BCUT2D eigenvalue weighted by atomic mass is 10.2. The third-order valence-corrected chi connectivity index (χ3v) is 4.90. The van der Waals surface area contributed by atoms with E-state index in [0.29, 0.717) is 6.07 Å². The molecule has 120 valence electrons. The van der Waals surface area contributed by atoms with Crippen molar-refractivity contribution in [2.24, 2.45) is 5.14 Å². The fourth-order valence-electron chi connectivity index (χ4n) is 1.54. The van der Waals surface area contributed by atoms with Crippen molar-refractivity contribution in [3.8, 4) is 0 Å². The minimum atomic E-state index is -5.06. The zero-order chi connectivity index (χ0) is 16.6. The third kappa shape index (κ3) is 3.84. The molecule has 1 aromatic rings. The highest BCUT2D eigenvalue weighted by molar-refractivity contribution is 7.90. The van der Waals surface area contributed by atoms with E-state index in [9.17, 15) is 30.0 Å². The summed E-state index contributed by atoms with van der Waals surface area (Å²) in [5.41, 5.74) is 2.92. The fraction of sp³-hybridized carbons (Fsp3) is 0.333. The molecule has 5 N–H and O–H groups in total. The first-order valence-electron chi connectivity index (χ1n) is 5.34. The summed E-state index contributed by atoms with van der Waals surface area (Å²) in [4.78, 5) is -2.15. The summed E-state index contributed by atoms with van der Waals surface area (Å²) < 4.78 is 86.5. The lowest BCUT2D eigenvalue weighted by Gasteiger charge is -2.15. The number of hydrogen-bond donors (Lipinski definition) is 3. The molecular formula is C9H12F3N3O4S2. The number of benzene rings is 1. The van der Waals surface area contributed by atoms with Crippen LogP contribution in [-0.4, -0.2) is 23.4 Å². The largest absolute Gasteiger partial charge is 0.417 e. The Balaban J connectivity index is 3.78. The van der Waals surface area contributed by atoms with Gasteiger partial charge in [-0.25, -0.2) is 26.7 Å². The number of anilines is 1. The Bertz CT molecular complexity index is 757. The highest BCUT2D eigenvalue weighted by Gasteiger charge is 2.38. The maximum Gasteiger partial charge on any atom is 0.417 e. The zero-order valence-corrected chi connectivity index (χ0v) is 12.2. The number of sulfonamides is 2. The molecule has 12 heteroatoms. The second-order valence-electron chi connectivity index (χ2n) is 3.93. The number of nitrogen functional groups attached to an aromatic ring is 1. The van der Waals surface area contributed by atoms with Gasteiger partial charge in [0.25, 0.3) is 0 Å². The molecule has 0 radical (unpaired) electrons. The summed E-state index contributed by atoms with van der Waals surface area (Å²) >= 11 is 0. The predicted molar refractivity (Wildman–Crippen MR) is 68.1 cm³/mol. The van der Waals surface area contributed by atoms with Crippen LogP contribution in [0.4, 0.5) is 18.9 Å². The minimum Gasteiger partial charge on any atom is -0.398 e. The monoisotopic (exact) mass is 347 g/mol. The first kappa shape index (κ1) is 17.7. The van der Waals surface area contributed by atoms with Gasteiger partial charge >= 0.3 is 6.18 Å². The van der Waals surface area contributed by atoms with Crippen molar-refractivity contribution >= 4 is 25.7 Å². The zero-order valence-electron chi connectivity index (χ0n) is 10.6. The van der Waals surface area contributed by atoms with Crippen molar-refractivity contribution in [1.29, 1.82) is 0 Å². The highest BCUT2D eigenvalue weighted by Crippen LogP contribution is 2.37. The van der Waals surface area contributed by atoms with Gasteiger partial charge < -0.3 is 5.73 Å². The Kier molecular flexibility index (Phi) is 4.58. The van der Waals surface area contributed by atoms with Crippen molar-refractivity contribution in [2.45, 2.75) is 22.9 Å². The lowest BCUT2D eigenvalue weighted by molar-refractivity contribution is -0.139. The summed E-state index contributed by atoms with van der Waals surface area (Å²) in [6.45, 7) is 1.37. The molecule has 0 fully saturated rings. The molecule has 0 amide bonds. The van der Waals surface area contributed by atoms with Crippen molar-refractivity contribution < 1.29 is 30.0 Å². The molecule has 0 atom stereocenters. The molecule has 7 nitrogen and oxygen atoms in total. The Hall–Kier alpha value is -1.37. The highest BCUT2D eigenvalue weighted by atomic mass is 32.2. The van der Waals surface area contributed by atoms with Crippen LogP contribution in [0.15, 0.2) is 21.9 Å². The van der Waals surface area contributed by atoms with Gasteiger partial charge in [-0.05, 0) is 12.1 Å². The number of hydrogen-bond acceptors (Lipinski definition) is 5. The molecular weight excluding hydrogens is 335 g/mol. The van der Waals surface area contributed by atoms with Crippen LogP contribution >= 0.6 is 0 Å². The van der Waals surface area contributed by atoms with E-state index in [1.54, 1.807) is 0 Å². The average Bonchev–Trinajstić information content (AvgIpc) is 2.25. The van der Waals surface area contributed by atoms with Crippen LogP contribution in [0.2, 0.25) is 0 Å². The summed E-state index contributed by atoms with van der Waals surface area (Å²) in [7, 11) is -9.05. The van der Waals surface area contributed by atoms with Crippen LogP contribution in [0.5, 0.6) is 0 Å². The SMILES string of the molecule is CCNS(=O)(=O)c1cc(S(N)(=O)=O)c(C(F)(F)F)cc1N. The quantitative estimate of drug-likeness (QED) is 0.671. The fourth-order valence-corrected chi connectivity index (χ4v) is 3.55. The number of nitrogens with two attached hydrogens (primary N) is 2. The van der Waals surface area contributed by atoms with E-state index in [1.807, 2.05) is 4.72 Å². The van der Waals surface area contributed by atoms with Crippen LogP contribution in [0.3, 0.4) is 0 Å². The topological polar surface area (TPSA) is 132 Å². The average molecular weight is 347 g/mol. The third-order valence-electron chi connectivity index (χ3n) is 2.35. The Morgan fingerprint density at radius 2 is 1.67 bits per heavy atom. The van der Waals surface area contributed by atoms with E-state index in [-0.39, 0.29) is 12.6 Å². The summed E-state index contributed by atoms with van der Waals surface area (Å²) in [6.07, 6.45) is -5.06. The van der Waals surface area contributed by atoms with Crippen LogP contribution in [0.1, 0.15) is 12.5 Å². The molecule has 0 spiro atoms. The van der Waals surface area contributed by atoms with Gasteiger partial charge in [-0.2, -0.15) is 13.2 Å². The van der Waals surface area contributed by atoms with Crippen LogP contribution in [0, 0.1) is 0 Å². The van der Waals surface area contributed by atoms with E-state index >= 15 is 0 Å². The predicted octanol–water partition coefficient (Wildman–Crippen LogP) is 0.233. The second-order valence-corrected chi connectivity index (χ2v) is 7.20. The normalized spacial score (nSPS) is 13.4. The standard InChI is InChI=1S/C9H12F3N3O4S2/c1-2-15-21(18,19)8-4-7(20(14,16)17)5(3-6(8)13)9(10,11)12/h3-4,15H,2,13H2,1H3,(H2,14,16,17). The Morgan fingerprint density at radius 3 is 2.05 bits per heavy atom. The van der Waals surface area contributed by atoms with Gasteiger partial charge in [-0.1, -0.05) is 6.92 Å². The summed E-state index contributed by atoms with van der Waals surface area (Å²) in [6, 6.07) is 0.523. The van der Waals surface area contributed by atoms with Crippen molar-refractivity contribution in [1.82, 2.24) is 4.72 Å². The Morgan fingerprint density at radius 1 is 1.14 bits per heavy atom. The summed E-state index contributed by atoms with van der Waals surface area (Å²) in [5.74, 6) is 0. The molecule has 21 heavy (non-hydrogen) atoms. The van der Waals surface area contributed by atoms with E-state index in [0.717, 1.165) is 0 Å². The molecule has 0 aliphatic carbocycles. The van der Waals surface area contributed by atoms with Crippen molar-refractivity contribution in [3.05, 3.63) is 17.7 Å². The maximum atomic E-state index is 12.8. The van der Waals surface area contributed by atoms with Crippen molar-refractivity contribution in [2.75, 3.05) is 12.3 Å². The van der Waals surface area contributed by atoms with E-state index in [4.69, 9.17) is 10.9 Å². The Labute approximate surface area is 119 Å². The number of halogens is 3. The van der Waals surface area contributed by atoms with Crippen LogP contribution in [0.25, 0.3) is 0 Å². The molecule has 0 aliphatic heterocycles. The maximum absolute atomic E-state index is 12.8. The van der Waals surface area contributed by atoms with Gasteiger partial charge in [0.2, 0.25) is 20.0 Å². The van der Waals surface area contributed by atoms with Gasteiger partial charge in [0, 0.05) is 6.54 Å².